The SMILES string of the molecule is Cc1ccc(Nc2ccccc2C(=O)OCC(=O)NC2(C)CCS(=O)(=O)C2)cc1. The van der Waals surface area contributed by atoms with Crippen LogP contribution >= 0.6 is 0 Å². The summed E-state index contributed by atoms with van der Waals surface area (Å²) >= 11 is 0. The van der Waals surface area contributed by atoms with E-state index in [-0.39, 0.29) is 11.5 Å². The fourth-order valence-corrected chi connectivity index (χ4v) is 5.35. The molecule has 7 nitrogen and oxygen atoms in total. The van der Waals surface area contributed by atoms with E-state index in [0.29, 0.717) is 17.7 Å². The number of rotatable bonds is 6. The third-order valence-corrected chi connectivity index (χ3v) is 6.66. The molecule has 1 saturated heterocycles. The Labute approximate surface area is 170 Å². The van der Waals surface area contributed by atoms with Crippen LogP contribution in [-0.4, -0.2) is 43.9 Å². The minimum absolute atomic E-state index is 0.0433. The number of para-hydroxylation sites is 1. The van der Waals surface area contributed by atoms with Gasteiger partial charge in [0.25, 0.3) is 5.91 Å². The van der Waals surface area contributed by atoms with Crippen LogP contribution < -0.4 is 10.6 Å². The van der Waals surface area contributed by atoms with Crippen LogP contribution in [0.2, 0.25) is 0 Å². The molecule has 29 heavy (non-hydrogen) atoms. The van der Waals surface area contributed by atoms with E-state index in [2.05, 4.69) is 10.6 Å². The Morgan fingerprint density at radius 2 is 1.79 bits per heavy atom. The second kappa shape index (κ2) is 8.24. The van der Waals surface area contributed by atoms with Crippen LogP contribution in [0.25, 0.3) is 0 Å². The fourth-order valence-electron chi connectivity index (χ4n) is 3.25. The summed E-state index contributed by atoms with van der Waals surface area (Å²) in [6, 6.07) is 14.6. The number of carbonyl (C=O) groups excluding carboxylic acids is 2. The average Bonchev–Trinajstić information content (AvgIpc) is 2.94. The second-order valence-corrected chi connectivity index (χ2v) is 9.75. The maximum absolute atomic E-state index is 12.5. The molecule has 0 radical (unpaired) electrons. The Morgan fingerprint density at radius 3 is 2.45 bits per heavy atom. The first-order valence-electron chi connectivity index (χ1n) is 9.27. The molecule has 1 unspecified atom stereocenters. The lowest BCUT2D eigenvalue weighted by Gasteiger charge is -2.23. The van der Waals surface area contributed by atoms with Gasteiger partial charge in [-0.2, -0.15) is 0 Å². The zero-order chi connectivity index (χ0) is 21.1. The van der Waals surface area contributed by atoms with Gasteiger partial charge in [-0.1, -0.05) is 29.8 Å². The Kier molecular flexibility index (Phi) is 5.93. The molecule has 2 N–H and O–H groups in total. The summed E-state index contributed by atoms with van der Waals surface area (Å²) < 4.78 is 28.4. The van der Waals surface area contributed by atoms with Gasteiger partial charge in [0.1, 0.15) is 0 Å². The van der Waals surface area contributed by atoms with Gasteiger partial charge in [-0.05, 0) is 44.5 Å². The van der Waals surface area contributed by atoms with Crippen molar-refractivity contribution >= 4 is 33.1 Å². The molecule has 1 aliphatic heterocycles. The highest BCUT2D eigenvalue weighted by Gasteiger charge is 2.39. The van der Waals surface area contributed by atoms with Crippen LogP contribution in [0, 0.1) is 6.92 Å². The van der Waals surface area contributed by atoms with Gasteiger partial charge in [-0.15, -0.1) is 0 Å². The van der Waals surface area contributed by atoms with Gasteiger partial charge >= 0.3 is 5.97 Å². The summed E-state index contributed by atoms with van der Waals surface area (Å²) in [4.78, 5) is 24.7. The lowest BCUT2D eigenvalue weighted by atomic mass is 10.0. The lowest BCUT2D eigenvalue weighted by molar-refractivity contribution is -0.125. The third-order valence-electron chi connectivity index (χ3n) is 4.76. The van der Waals surface area contributed by atoms with Crippen LogP contribution in [-0.2, 0) is 19.4 Å². The molecule has 2 aromatic rings. The topological polar surface area (TPSA) is 102 Å². The number of sulfone groups is 1. The molecular formula is C21H24N2O5S. The average molecular weight is 416 g/mol. The molecule has 2 aromatic carbocycles. The molecule has 0 aromatic heterocycles. The minimum Gasteiger partial charge on any atom is -0.452 e. The molecule has 1 amide bonds. The second-order valence-electron chi connectivity index (χ2n) is 7.56. The first-order valence-corrected chi connectivity index (χ1v) is 11.1. The van der Waals surface area contributed by atoms with Crippen LogP contribution in [0.4, 0.5) is 11.4 Å². The molecule has 154 valence electrons. The third kappa shape index (κ3) is 5.57. The summed E-state index contributed by atoms with van der Waals surface area (Å²) in [5.41, 5.74) is 1.99. The predicted octanol–water partition coefficient (Wildman–Crippen LogP) is 2.59. The van der Waals surface area contributed by atoms with Gasteiger partial charge in [0.15, 0.2) is 16.4 Å². The highest BCUT2D eigenvalue weighted by Crippen LogP contribution is 2.23. The van der Waals surface area contributed by atoms with E-state index in [1.165, 1.54) is 0 Å². The number of amides is 1. The van der Waals surface area contributed by atoms with Gasteiger partial charge in [-0.3, -0.25) is 4.79 Å². The number of anilines is 2. The van der Waals surface area contributed by atoms with Crippen LogP contribution in [0.1, 0.15) is 29.3 Å². The van der Waals surface area contributed by atoms with Gasteiger partial charge in [0, 0.05) is 5.69 Å². The van der Waals surface area contributed by atoms with Crippen LogP contribution in [0.15, 0.2) is 48.5 Å². The Morgan fingerprint density at radius 1 is 1.10 bits per heavy atom. The number of carbonyl (C=O) groups is 2. The van der Waals surface area contributed by atoms with Gasteiger partial charge < -0.3 is 15.4 Å². The van der Waals surface area contributed by atoms with E-state index in [4.69, 9.17) is 4.74 Å². The number of benzene rings is 2. The summed E-state index contributed by atoms with van der Waals surface area (Å²) in [5, 5.41) is 5.84. The Balaban J connectivity index is 1.61. The Hall–Kier alpha value is -2.87. The first-order chi connectivity index (χ1) is 13.7. The van der Waals surface area contributed by atoms with E-state index >= 15 is 0 Å². The smallest absolute Gasteiger partial charge is 0.340 e. The van der Waals surface area contributed by atoms with Gasteiger partial charge in [0.05, 0.1) is 28.3 Å². The van der Waals surface area contributed by atoms with Crippen molar-refractivity contribution in [1.82, 2.24) is 5.32 Å². The van der Waals surface area contributed by atoms with E-state index in [0.717, 1.165) is 11.3 Å². The quantitative estimate of drug-likeness (QED) is 0.702. The number of hydrogen-bond donors (Lipinski definition) is 2. The van der Waals surface area contributed by atoms with Crippen LogP contribution in [0.3, 0.4) is 0 Å². The largest absolute Gasteiger partial charge is 0.452 e. The van der Waals surface area contributed by atoms with Gasteiger partial charge in [0.2, 0.25) is 0 Å². The van der Waals surface area contributed by atoms with E-state index in [1.54, 1.807) is 31.2 Å². The molecular weight excluding hydrogens is 392 g/mol. The van der Waals surface area contributed by atoms with E-state index < -0.39 is 33.9 Å². The van der Waals surface area contributed by atoms with Gasteiger partial charge in [-0.25, -0.2) is 13.2 Å². The molecule has 1 aliphatic rings. The number of nitrogens with one attached hydrogen (secondary N) is 2. The van der Waals surface area contributed by atoms with Crippen molar-refractivity contribution in [1.29, 1.82) is 0 Å². The molecule has 0 bridgehead atoms. The van der Waals surface area contributed by atoms with Crippen molar-refractivity contribution in [2.45, 2.75) is 25.8 Å². The molecule has 3 rings (SSSR count). The summed E-state index contributed by atoms with van der Waals surface area (Å²) in [6.45, 7) is 3.19. The molecule has 0 spiro atoms. The lowest BCUT2D eigenvalue weighted by Crippen LogP contribution is -2.48. The standard InChI is InChI=1S/C21H24N2O5S/c1-15-7-9-16(10-8-15)22-18-6-4-3-5-17(18)20(25)28-13-19(24)23-21(2)11-12-29(26,27)14-21/h3-10,22H,11-14H2,1-2H3,(H,23,24). The monoisotopic (exact) mass is 416 g/mol. The zero-order valence-corrected chi connectivity index (χ0v) is 17.2. The van der Waals surface area contributed by atoms with Crippen molar-refractivity contribution in [3.63, 3.8) is 0 Å². The highest BCUT2D eigenvalue weighted by molar-refractivity contribution is 7.91. The molecule has 0 saturated carbocycles. The van der Waals surface area contributed by atoms with Crippen molar-refractivity contribution in [3.05, 3.63) is 59.7 Å². The normalized spacial score (nSPS) is 20.1. The number of ether oxygens (including phenoxy) is 1. The number of esters is 1. The molecule has 1 fully saturated rings. The van der Waals surface area contributed by atoms with Crippen molar-refractivity contribution in [2.75, 3.05) is 23.4 Å². The first kappa shape index (κ1) is 20.9. The molecule has 8 heteroatoms. The highest BCUT2D eigenvalue weighted by atomic mass is 32.2. The zero-order valence-electron chi connectivity index (χ0n) is 16.4. The predicted molar refractivity (Wildman–Crippen MR) is 111 cm³/mol. The fraction of sp³-hybridized carbons (Fsp3) is 0.333. The summed E-state index contributed by atoms with van der Waals surface area (Å²) in [7, 11) is -3.14. The number of aryl methyl sites for hydroxylation is 1. The van der Waals surface area contributed by atoms with Crippen molar-refractivity contribution < 1.29 is 22.7 Å². The van der Waals surface area contributed by atoms with Crippen LogP contribution in [0.5, 0.6) is 0 Å². The molecule has 1 atom stereocenters. The summed E-state index contributed by atoms with van der Waals surface area (Å²) in [6.07, 6.45) is 0.346. The van der Waals surface area contributed by atoms with E-state index in [9.17, 15) is 18.0 Å². The summed E-state index contributed by atoms with van der Waals surface area (Å²) in [5.74, 6) is -1.23. The Bertz CT molecular complexity index is 1020. The minimum atomic E-state index is -3.14. The van der Waals surface area contributed by atoms with Crippen molar-refractivity contribution in [2.24, 2.45) is 0 Å². The van der Waals surface area contributed by atoms with E-state index in [1.807, 2.05) is 31.2 Å². The molecule has 1 heterocycles. The van der Waals surface area contributed by atoms with Crippen molar-refractivity contribution in [3.8, 4) is 0 Å². The molecule has 0 aliphatic carbocycles. The maximum atomic E-state index is 12.5. The number of hydrogen-bond acceptors (Lipinski definition) is 6. The maximum Gasteiger partial charge on any atom is 0.340 e.